The third-order valence-electron chi connectivity index (χ3n) is 3.60. The second-order valence-corrected chi connectivity index (χ2v) is 7.69. The molecular weight excluding hydrogens is 296 g/mol. The minimum absolute atomic E-state index is 0.0663. The average Bonchev–Trinajstić information content (AvgIpc) is 2.39. The third-order valence-corrected chi connectivity index (χ3v) is 5.91. The van der Waals surface area contributed by atoms with Crippen LogP contribution in [-0.4, -0.2) is 32.9 Å². The van der Waals surface area contributed by atoms with Gasteiger partial charge in [0.2, 0.25) is 10.0 Å². The Kier molecular flexibility index (Phi) is 6.01. The summed E-state index contributed by atoms with van der Waals surface area (Å²) in [6.45, 7) is 6.45. The average molecular weight is 319 g/mol. The first-order chi connectivity index (χ1) is 9.21. The van der Waals surface area contributed by atoms with Crippen LogP contribution in [0.4, 0.5) is 0 Å². The highest BCUT2D eigenvalue weighted by Gasteiger charge is 2.27. The predicted octanol–water partition coefficient (Wildman–Crippen LogP) is 2.72. The van der Waals surface area contributed by atoms with Gasteiger partial charge in [-0.25, -0.2) is 8.42 Å². The zero-order valence-electron chi connectivity index (χ0n) is 12.6. The van der Waals surface area contributed by atoms with Gasteiger partial charge in [-0.15, -0.1) is 0 Å². The van der Waals surface area contributed by atoms with Crippen LogP contribution in [0.2, 0.25) is 5.02 Å². The van der Waals surface area contributed by atoms with Crippen molar-refractivity contribution < 1.29 is 8.42 Å². The van der Waals surface area contributed by atoms with Crippen molar-refractivity contribution in [2.75, 3.05) is 14.1 Å². The molecule has 1 rings (SSSR count). The monoisotopic (exact) mass is 318 g/mol. The van der Waals surface area contributed by atoms with Gasteiger partial charge in [0.15, 0.2) is 0 Å². The molecule has 0 aromatic heterocycles. The van der Waals surface area contributed by atoms with Crippen LogP contribution in [0.3, 0.4) is 0 Å². The van der Waals surface area contributed by atoms with Crippen molar-refractivity contribution in [2.45, 2.75) is 38.3 Å². The van der Waals surface area contributed by atoms with Gasteiger partial charge >= 0.3 is 0 Å². The molecule has 114 valence electrons. The minimum Gasteiger partial charge on any atom is -0.316 e. The molecule has 0 saturated carbocycles. The summed E-state index contributed by atoms with van der Waals surface area (Å²) in [7, 11) is -0.0804. The topological polar surface area (TPSA) is 49.4 Å². The number of hydrogen-bond acceptors (Lipinski definition) is 3. The van der Waals surface area contributed by atoms with E-state index in [0.29, 0.717) is 11.6 Å². The third kappa shape index (κ3) is 3.73. The van der Waals surface area contributed by atoms with Crippen LogP contribution in [0, 0.1) is 5.92 Å². The summed E-state index contributed by atoms with van der Waals surface area (Å²) in [6, 6.07) is 4.76. The molecule has 0 amide bonds. The Morgan fingerprint density at radius 3 is 2.40 bits per heavy atom. The van der Waals surface area contributed by atoms with Crippen LogP contribution in [0.15, 0.2) is 23.1 Å². The zero-order chi connectivity index (χ0) is 15.5. The van der Waals surface area contributed by atoms with E-state index < -0.39 is 10.0 Å². The fourth-order valence-electron chi connectivity index (χ4n) is 1.84. The lowest BCUT2D eigenvalue weighted by Crippen LogP contribution is -2.38. The van der Waals surface area contributed by atoms with Gasteiger partial charge in [0.05, 0.1) is 4.90 Å². The van der Waals surface area contributed by atoms with Crippen molar-refractivity contribution in [3.8, 4) is 0 Å². The van der Waals surface area contributed by atoms with E-state index in [2.05, 4.69) is 5.32 Å². The Labute approximate surface area is 127 Å². The van der Waals surface area contributed by atoms with E-state index in [9.17, 15) is 8.42 Å². The molecule has 0 aliphatic rings. The lowest BCUT2D eigenvalue weighted by molar-refractivity contribution is 0.316. The van der Waals surface area contributed by atoms with Gasteiger partial charge in [-0.05, 0) is 43.7 Å². The first-order valence-electron chi connectivity index (χ1n) is 6.62. The molecule has 0 heterocycles. The van der Waals surface area contributed by atoms with Gasteiger partial charge in [0, 0.05) is 24.7 Å². The molecule has 0 saturated heterocycles. The number of benzene rings is 1. The molecule has 1 atom stereocenters. The van der Waals surface area contributed by atoms with E-state index in [1.54, 1.807) is 32.3 Å². The Balaban J connectivity index is 3.19. The van der Waals surface area contributed by atoms with Crippen molar-refractivity contribution >= 4 is 21.6 Å². The van der Waals surface area contributed by atoms with Crippen molar-refractivity contribution in [2.24, 2.45) is 5.92 Å². The molecule has 6 heteroatoms. The second kappa shape index (κ2) is 6.89. The molecule has 1 aromatic carbocycles. The van der Waals surface area contributed by atoms with Crippen LogP contribution in [0.5, 0.6) is 0 Å². The van der Waals surface area contributed by atoms with E-state index >= 15 is 0 Å². The number of hydrogen-bond donors (Lipinski definition) is 1. The number of nitrogens with one attached hydrogen (secondary N) is 1. The summed E-state index contributed by atoms with van der Waals surface area (Å²) in [5, 5.41) is 3.55. The molecular formula is C14H23ClN2O2S. The summed E-state index contributed by atoms with van der Waals surface area (Å²) in [5.41, 5.74) is 0.779. The van der Waals surface area contributed by atoms with Crippen LogP contribution in [0.25, 0.3) is 0 Å². The summed E-state index contributed by atoms with van der Waals surface area (Å²) >= 11 is 6.07. The lowest BCUT2D eigenvalue weighted by atomic mass is 10.1. The first-order valence-corrected chi connectivity index (χ1v) is 8.44. The molecule has 0 aliphatic carbocycles. The van der Waals surface area contributed by atoms with E-state index in [-0.39, 0.29) is 16.9 Å². The second-order valence-electron chi connectivity index (χ2n) is 5.29. The maximum Gasteiger partial charge on any atom is 0.243 e. The van der Waals surface area contributed by atoms with E-state index in [1.165, 1.54) is 4.31 Å². The highest BCUT2D eigenvalue weighted by Crippen LogP contribution is 2.24. The molecule has 1 aromatic rings. The number of halogens is 1. The van der Waals surface area contributed by atoms with Crippen molar-refractivity contribution in [1.82, 2.24) is 9.62 Å². The van der Waals surface area contributed by atoms with Crippen molar-refractivity contribution in [1.29, 1.82) is 0 Å². The Hall–Kier alpha value is -0.620. The SMILES string of the molecule is CNCc1cc(S(=O)(=O)N(C)C(C)C(C)C)ccc1Cl. The fourth-order valence-corrected chi connectivity index (χ4v) is 3.57. The number of rotatable bonds is 6. The summed E-state index contributed by atoms with van der Waals surface area (Å²) < 4.78 is 26.6. The Morgan fingerprint density at radius 1 is 1.30 bits per heavy atom. The van der Waals surface area contributed by atoms with Crippen LogP contribution in [-0.2, 0) is 16.6 Å². The maximum absolute atomic E-state index is 12.6. The van der Waals surface area contributed by atoms with Gasteiger partial charge in [-0.3, -0.25) is 0 Å². The van der Waals surface area contributed by atoms with E-state index in [0.717, 1.165) is 5.56 Å². The molecule has 0 fully saturated rings. The normalized spacial score (nSPS) is 14.0. The van der Waals surface area contributed by atoms with Crippen LogP contribution >= 0.6 is 11.6 Å². The molecule has 0 aliphatic heterocycles. The lowest BCUT2D eigenvalue weighted by Gasteiger charge is -2.27. The maximum atomic E-state index is 12.6. The highest BCUT2D eigenvalue weighted by atomic mass is 35.5. The summed E-state index contributed by atoms with van der Waals surface area (Å²) in [6.07, 6.45) is 0. The zero-order valence-corrected chi connectivity index (χ0v) is 14.2. The van der Waals surface area contributed by atoms with Gasteiger partial charge in [0.1, 0.15) is 0 Å². The Bertz CT molecular complexity index is 558. The first kappa shape index (κ1) is 17.4. The van der Waals surface area contributed by atoms with Gasteiger partial charge in [0.25, 0.3) is 0 Å². The molecule has 20 heavy (non-hydrogen) atoms. The standard InChI is InChI=1S/C14H23ClN2O2S/c1-10(2)11(3)17(5)20(18,19)13-6-7-14(15)12(8-13)9-16-4/h6-8,10-11,16H,9H2,1-5H3. The molecule has 4 nitrogen and oxygen atoms in total. The van der Waals surface area contributed by atoms with Crippen molar-refractivity contribution in [3.63, 3.8) is 0 Å². The predicted molar refractivity (Wildman–Crippen MR) is 83.5 cm³/mol. The summed E-state index contributed by atoms with van der Waals surface area (Å²) in [5.74, 6) is 0.249. The molecule has 1 N–H and O–H groups in total. The fraction of sp³-hybridized carbons (Fsp3) is 0.571. The molecule has 0 bridgehead atoms. The van der Waals surface area contributed by atoms with Gasteiger partial charge in [-0.2, -0.15) is 4.31 Å². The van der Waals surface area contributed by atoms with Crippen molar-refractivity contribution in [3.05, 3.63) is 28.8 Å². The minimum atomic E-state index is -3.49. The molecule has 0 spiro atoms. The van der Waals surface area contributed by atoms with Gasteiger partial charge < -0.3 is 5.32 Å². The molecule has 1 unspecified atom stereocenters. The quantitative estimate of drug-likeness (QED) is 0.877. The molecule has 0 radical (unpaired) electrons. The highest BCUT2D eigenvalue weighted by molar-refractivity contribution is 7.89. The smallest absolute Gasteiger partial charge is 0.243 e. The van der Waals surface area contributed by atoms with Gasteiger partial charge in [-0.1, -0.05) is 25.4 Å². The largest absolute Gasteiger partial charge is 0.316 e. The summed E-state index contributed by atoms with van der Waals surface area (Å²) in [4.78, 5) is 0.280. The Morgan fingerprint density at radius 2 is 1.90 bits per heavy atom. The van der Waals surface area contributed by atoms with Crippen LogP contribution in [0.1, 0.15) is 26.3 Å². The van der Waals surface area contributed by atoms with E-state index in [4.69, 9.17) is 11.6 Å². The van der Waals surface area contributed by atoms with E-state index in [1.807, 2.05) is 20.8 Å². The number of sulfonamides is 1. The number of nitrogens with zero attached hydrogens (tertiary/aromatic N) is 1. The van der Waals surface area contributed by atoms with Crippen LogP contribution < -0.4 is 5.32 Å².